The molecule has 0 saturated carbocycles. The van der Waals surface area contributed by atoms with Crippen LogP contribution in [0.25, 0.3) is 0 Å². The second-order valence-corrected chi connectivity index (χ2v) is 7.35. The molecule has 23 heavy (non-hydrogen) atoms. The van der Waals surface area contributed by atoms with E-state index in [1.54, 1.807) is 0 Å². The molecule has 0 spiro atoms. The fourth-order valence-corrected chi connectivity index (χ4v) is 3.73. The van der Waals surface area contributed by atoms with Gasteiger partial charge in [0.05, 0.1) is 0 Å². The number of rotatable bonds is 18. The van der Waals surface area contributed by atoms with Crippen molar-refractivity contribution in [2.45, 2.75) is 110 Å². The molecule has 0 saturated heterocycles. The number of hydrogen-bond donors (Lipinski definition) is 1. The number of hydrogen-bond acceptors (Lipinski definition) is 1. The van der Waals surface area contributed by atoms with E-state index < -0.39 is 0 Å². The lowest BCUT2D eigenvalue weighted by molar-refractivity contribution is 0.276. The van der Waals surface area contributed by atoms with Gasteiger partial charge in [0.2, 0.25) is 0 Å². The van der Waals surface area contributed by atoms with Crippen molar-refractivity contribution >= 4 is 0 Å². The average Bonchev–Trinajstić information content (AvgIpc) is 2.58. The molecule has 2 N–H and O–H groups in total. The molecule has 0 bridgehead atoms. The molecule has 0 aliphatic heterocycles. The van der Waals surface area contributed by atoms with Crippen LogP contribution in [0.5, 0.6) is 0 Å². The summed E-state index contributed by atoms with van der Waals surface area (Å²) in [6.07, 6.45) is 22.6. The van der Waals surface area contributed by atoms with E-state index in [0.717, 1.165) is 18.4 Å². The van der Waals surface area contributed by atoms with E-state index in [1.165, 1.54) is 96.3 Å². The molecule has 0 heterocycles. The van der Waals surface area contributed by atoms with Crippen molar-refractivity contribution in [2.75, 3.05) is 6.54 Å². The van der Waals surface area contributed by atoms with Gasteiger partial charge in [-0.25, -0.2) is 0 Å². The predicted molar refractivity (Wildman–Crippen MR) is 107 cm³/mol. The first-order chi connectivity index (χ1) is 11.3. The highest BCUT2D eigenvalue weighted by Crippen LogP contribution is 2.27. The zero-order chi connectivity index (χ0) is 17.2. The van der Waals surface area contributed by atoms with Crippen LogP contribution in [0.15, 0.2) is 12.7 Å². The summed E-state index contributed by atoms with van der Waals surface area (Å²) >= 11 is 0. The molecule has 2 atom stereocenters. The molecule has 0 amide bonds. The zero-order valence-corrected chi connectivity index (χ0v) is 16.3. The third-order valence-corrected chi connectivity index (χ3v) is 5.41. The lowest BCUT2D eigenvalue weighted by atomic mass is 9.82. The standard InChI is InChI=1S/C22H45N/c1-4-7-9-11-13-15-17-19-22(20-23)21(6-3)18-16-14-12-10-8-5-2/h4,21-22H,1,5-20,23H2,2-3H3. The fraction of sp³-hybridized carbons (Fsp3) is 0.909. The summed E-state index contributed by atoms with van der Waals surface area (Å²) in [5.41, 5.74) is 6.09. The molecule has 0 aliphatic carbocycles. The summed E-state index contributed by atoms with van der Waals surface area (Å²) < 4.78 is 0. The van der Waals surface area contributed by atoms with E-state index in [0.29, 0.717) is 0 Å². The van der Waals surface area contributed by atoms with Crippen molar-refractivity contribution in [2.24, 2.45) is 17.6 Å². The van der Waals surface area contributed by atoms with Gasteiger partial charge < -0.3 is 5.73 Å². The summed E-state index contributed by atoms with van der Waals surface area (Å²) in [6, 6.07) is 0. The smallest absolute Gasteiger partial charge is 0.00462 e. The van der Waals surface area contributed by atoms with Gasteiger partial charge in [-0.1, -0.05) is 97.0 Å². The molecule has 0 fully saturated rings. The molecule has 0 aromatic carbocycles. The number of allylic oxidation sites excluding steroid dienone is 1. The van der Waals surface area contributed by atoms with E-state index >= 15 is 0 Å². The third kappa shape index (κ3) is 13.8. The minimum Gasteiger partial charge on any atom is -0.330 e. The number of unbranched alkanes of at least 4 members (excludes halogenated alkanes) is 10. The Kier molecular flexibility index (Phi) is 17.8. The zero-order valence-electron chi connectivity index (χ0n) is 16.3. The van der Waals surface area contributed by atoms with Crippen molar-refractivity contribution in [3.63, 3.8) is 0 Å². The third-order valence-electron chi connectivity index (χ3n) is 5.41. The van der Waals surface area contributed by atoms with E-state index in [9.17, 15) is 0 Å². The molecule has 2 unspecified atom stereocenters. The quantitative estimate of drug-likeness (QED) is 0.208. The van der Waals surface area contributed by atoms with Crippen LogP contribution < -0.4 is 5.73 Å². The van der Waals surface area contributed by atoms with Gasteiger partial charge in [0.1, 0.15) is 0 Å². The van der Waals surface area contributed by atoms with Crippen LogP contribution in [-0.2, 0) is 0 Å². The Hall–Kier alpha value is -0.300. The molecule has 138 valence electrons. The highest BCUT2D eigenvalue weighted by atomic mass is 14.6. The van der Waals surface area contributed by atoms with Crippen molar-refractivity contribution in [3.05, 3.63) is 12.7 Å². The van der Waals surface area contributed by atoms with Crippen LogP contribution in [0.1, 0.15) is 110 Å². The summed E-state index contributed by atoms with van der Waals surface area (Å²) in [5, 5.41) is 0. The molecular formula is C22H45N. The minimum absolute atomic E-state index is 0.767. The van der Waals surface area contributed by atoms with E-state index in [4.69, 9.17) is 5.73 Å². The Morgan fingerprint density at radius 2 is 1.26 bits per heavy atom. The highest BCUT2D eigenvalue weighted by molar-refractivity contribution is 4.71. The SMILES string of the molecule is C=CCCCCCCCC(CN)C(CC)CCCCCCCC. The molecule has 0 aromatic heterocycles. The van der Waals surface area contributed by atoms with Gasteiger partial charge in [-0.2, -0.15) is 0 Å². The maximum atomic E-state index is 6.09. The normalized spacial score (nSPS) is 13.9. The van der Waals surface area contributed by atoms with Gasteiger partial charge in [0, 0.05) is 0 Å². The second kappa shape index (κ2) is 18.0. The lowest BCUT2D eigenvalue weighted by Crippen LogP contribution is -2.23. The Labute approximate surface area is 147 Å². The minimum atomic E-state index is 0.767. The van der Waals surface area contributed by atoms with Crippen LogP contribution in [0, 0.1) is 11.8 Å². The summed E-state index contributed by atoms with van der Waals surface area (Å²) in [5.74, 6) is 1.63. The van der Waals surface area contributed by atoms with Crippen LogP contribution in [0.2, 0.25) is 0 Å². The maximum absolute atomic E-state index is 6.09. The summed E-state index contributed by atoms with van der Waals surface area (Å²) in [7, 11) is 0. The second-order valence-electron chi connectivity index (χ2n) is 7.35. The van der Waals surface area contributed by atoms with Crippen molar-refractivity contribution in [1.29, 1.82) is 0 Å². The van der Waals surface area contributed by atoms with Gasteiger partial charge in [0.25, 0.3) is 0 Å². The molecule has 0 aliphatic rings. The number of nitrogens with two attached hydrogens (primary N) is 1. The first kappa shape index (κ1) is 22.7. The topological polar surface area (TPSA) is 26.0 Å². The first-order valence-electron chi connectivity index (χ1n) is 10.6. The maximum Gasteiger partial charge on any atom is -0.00462 e. The molecular weight excluding hydrogens is 278 g/mol. The largest absolute Gasteiger partial charge is 0.330 e. The van der Waals surface area contributed by atoms with Gasteiger partial charge in [-0.15, -0.1) is 6.58 Å². The summed E-state index contributed by atoms with van der Waals surface area (Å²) in [4.78, 5) is 0. The van der Waals surface area contributed by atoms with Gasteiger partial charge in [-0.05, 0) is 37.6 Å². The van der Waals surface area contributed by atoms with Crippen LogP contribution in [0.4, 0.5) is 0 Å². The van der Waals surface area contributed by atoms with Crippen LogP contribution in [-0.4, -0.2) is 6.54 Å². The monoisotopic (exact) mass is 323 g/mol. The highest BCUT2D eigenvalue weighted by Gasteiger charge is 2.17. The van der Waals surface area contributed by atoms with Gasteiger partial charge in [-0.3, -0.25) is 0 Å². The first-order valence-corrected chi connectivity index (χ1v) is 10.6. The molecule has 0 radical (unpaired) electrons. The fourth-order valence-electron chi connectivity index (χ4n) is 3.73. The Morgan fingerprint density at radius 3 is 1.78 bits per heavy atom. The molecule has 1 heteroatoms. The molecule has 0 rings (SSSR count). The van der Waals surface area contributed by atoms with E-state index in [1.807, 2.05) is 6.08 Å². The van der Waals surface area contributed by atoms with E-state index in [2.05, 4.69) is 20.4 Å². The Balaban J connectivity index is 3.74. The van der Waals surface area contributed by atoms with Crippen molar-refractivity contribution < 1.29 is 0 Å². The van der Waals surface area contributed by atoms with Crippen LogP contribution in [0.3, 0.4) is 0 Å². The lowest BCUT2D eigenvalue weighted by Gasteiger charge is -2.25. The Morgan fingerprint density at radius 1 is 0.739 bits per heavy atom. The van der Waals surface area contributed by atoms with E-state index in [-0.39, 0.29) is 0 Å². The molecule has 1 nitrogen and oxygen atoms in total. The van der Waals surface area contributed by atoms with Crippen LogP contribution >= 0.6 is 0 Å². The Bertz CT molecular complexity index is 236. The van der Waals surface area contributed by atoms with Gasteiger partial charge in [0.15, 0.2) is 0 Å². The van der Waals surface area contributed by atoms with Gasteiger partial charge >= 0.3 is 0 Å². The molecule has 0 aromatic rings. The average molecular weight is 324 g/mol. The predicted octanol–water partition coefficient (Wildman–Crippen LogP) is 7.25. The van der Waals surface area contributed by atoms with Crippen molar-refractivity contribution in [1.82, 2.24) is 0 Å². The summed E-state index contributed by atoms with van der Waals surface area (Å²) in [6.45, 7) is 9.33. The van der Waals surface area contributed by atoms with Crippen molar-refractivity contribution in [3.8, 4) is 0 Å².